The number of hydrogen-bond donors (Lipinski definition) is 3. The summed E-state index contributed by atoms with van der Waals surface area (Å²) in [6.07, 6.45) is 3.52. The van der Waals surface area contributed by atoms with Crippen LogP contribution in [0.2, 0.25) is 5.02 Å². The number of amides is 1. The summed E-state index contributed by atoms with van der Waals surface area (Å²) < 4.78 is 1.51. The Morgan fingerprint density at radius 2 is 1.94 bits per heavy atom. The summed E-state index contributed by atoms with van der Waals surface area (Å²) in [5.74, 6) is 0.342. The van der Waals surface area contributed by atoms with E-state index in [2.05, 4.69) is 42.7 Å². The Morgan fingerprint density at radius 1 is 1.19 bits per heavy atom. The van der Waals surface area contributed by atoms with Gasteiger partial charge in [0.15, 0.2) is 5.65 Å². The first-order valence-electron chi connectivity index (χ1n) is 11.6. The van der Waals surface area contributed by atoms with Crippen LogP contribution in [-0.4, -0.2) is 68.7 Å². The third kappa shape index (κ3) is 4.56. The van der Waals surface area contributed by atoms with Gasteiger partial charge in [-0.2, -0.15) is 30.1 Å². The van der Waals surface area contributed by atoms with Crippen LogP contribution in [-0.2, 0) is 4.79 Å². The van der Waals surface area contributed by atoms with E-state index in [1.54, 1.807) is 19.1 Å². The number of rotatable bonds is 7. The van der Waals surface area contributed by atoms with E-state index in [9.17, 15) is 15.3 Å². The van der Waals surface area contributed by atoms with Gasteiger partial charge in [-0.25, -0.2) is 0 Å². The summed E-state index contributed by atoms with van der Waals surface area (Å²) >= 11 is 6.82. The van der Waals surface area contributed by atoms with Crippen LogP contribution < -0.4 is 21.3 Å². The molecule has 1 aliphatic heterocycles. The number of fused-ring (bicyclic) bond motifs is 1. The summed E-state index contributed by atoms with van der Waals surface area (Å²) in [5.41, 5.74) is 7.73. The molecule has 1 amide bonds. The van der Waals surface area contributed by atoms with E-state index in [1.165, 1.54) is 10.7 Å². The highest BCUT2D eigenvalue weighted by atomic mass is 35.5. The Hall–Kier alpha value is -4.13. The number of primary amides is 1. The highest BCUT2D eigenvalue weighted by Crippen LogP contribution is 2.36. The lowest BCUT2D eigenvalue weighted by atomic mass is 10.1. The number of aromatic nitrogens is 4. The molecule has 2 aliphatic rings. The van der Waals surface area contributed by atoms with Gasteiger partial charge >= 0.3 is 0 Å². The van der Waals surface area contributed by atoms with Gasteiger partial charge in [0.1, 0.15) is 11.6 Å². The molecule has 0 radical (unpaired) electrons. The maximum atomic E-state index is 11.6. The summed E-state index contributed by atoms with van der Waals surface area (Å²) in [4.78, 5) is 24.7. The number of anilines is 4. The molecule has 184 valence electrons. The Bertz CT molecular complexity index is 1410. The minimum absolute atomic E-state index is 0.227. The molecule has 0 spiro atoms. The van der Waals surface area contributed by atoms with Gasteiger partial charge < -0.3 is 21.3 Å². The molecule has 3 aromatic rings. The average Bonchev–Trinajstić information content (AvgIpc) is 3.60. The highest BCUT2D eigenvalue weighted by Gasteiger charge is 2.27. The lowest BCUT2D eigenvalue weighted by Gasteiger charge is -2.38. The van der Waals surface area contributed by atoms with E-state index in [1.807, 2.05) is 4.90 Å². The van der Waals surface area contributed by atoms with Crippen LogP contribution in [0.25, 0.3) is 5.65 Å². The number of hydrogen-bond acceptors (Lipinski definition) is 10. The summed E-state index contributed by atoms with van der Waals surface area (Å²) in [5, 5.41) is 30.2. The molecule has 4 N–H and O–H groups in total. The Kier molecular flexibility index (Phi) is 6.22. The van der Waals surface area contributed by atoms with E-state index in [0.717, 1.165) is 12.8 Å². The second-order valence-electron chi connectivity index (χ2n) is 8.89. The Labute approximate surface area is 212 Å². The number of nitrogens with one attached hydrogen (secondary N) is 2. The largest absolute Gasteiger partial charge is 0.368 e. The molecule has 36 heavy (non-hydrogen) atoms. The van der Waals surface area contributed by atoms with Crippen molar-refractivity contribution >= 4 is 46.4 Å². The van der Waals surface area contributed by atoms with E-state index >= 15 is 0 Å². The quantitative estimate of drug-likeness (QED) is 0.431. The summed E-state index contributed by atoms with van der Waals surface area (Å²) in [6.45, 7) is 4.29. The number of carbonyl (C=O) groups excluding carboxylic acids is 1. The number of nitrogens with zero attached hydrogens (tertiary/aromatic N) is 8. The van der Waals surface area contributed by atoms with Crippen LogP contribution in [0.5, 0.6) is 0 Å². The van der Waals surface area contributed by atoms with Gasteiger partial charge in [0.05, 0.1) is 40.3 Å². The van der Waals surface area contributed by atoms with Crippen LogP contribution in [0.15, 0.2) is 18.3 Å². The van der Waals surface area contributed by atoms with Crippen molar-refractivity contribution in [2.24, 2.45) is 5.73 Å². The molecular formula is C23H24ClN11O. The molecule has 3 heterocycles. The van der Waals surface area contributed by atoms with Gasteiger partial charge in [0, 0.05) is 32.2 Å². The molecule has 2 fully saturated rings. The third-order valence-corrected chi connectivity index (χ3v) is 6.84. The van der Waals surface area contributed by atoms with Crippen molar-refractivity contribution in [2.45, 2.75) is 31.8 Å². The van der Waals surface area contributed by atoms with Crippen molar-refractivity contribution in [3.05, 3.63) is 34.5 Å². The SMILES string of the molecule is C[C@@H](C(N)=O)N1CCN(c2cc(C#N)cc(Nc3nc(NC4CC4)n4ncc(C#N)c4n3)c2Cl)CC1. The van der Waals surface area contributed by atoms with Crippen molar-refractivity contribution in [1.29, 1.82) is 10.5 Å². The summed E-state index contributed by atoms with van der Waals surface area (Å²) in [6, 6.07) is 7.62. The third-order valence-electron chi connectivity index (χ3n) is 6.44. The maximum absolute atomic E-state index is 11.6. The number of nitrogens with two attached hydrogens (primary N) is 1. The molecule has 0 unspecified atom stereocenters. The Balaban J connectivity index is 1.46. The van der Waals surface area contributed by atoms with Crippen LogP contribution in [0.3, 0.4) is 0 Å². The maximum Gasteiger partial charge on any atom is 0.234 e. The number of benzene rings is 1. The standard InChI is InChI=1S/C23H24ClN11O/c1-13(20(27)36)33-4-6-34(7-5-33)18-9-14(10-25)8-17(19(18)24)30-22-31-21-15(11-26)12-28-35(21)23(32-22)29-16-2-3-16/h8-9,12-13,16H,2-7H2,1H3,(H2,27,36)(H2,29,30,31,32)/t13-/m0/s1. The molecule has 0 bridgehead atoms. The molecule has 13 heteroatoms. The van der Waals surface area contributed by atoms with E-state index in [0.29, 0.717) is 71.3 Å². The molecule has 1 aliphatic carbocycles. The fourth-order valence-corrected chi connectivity index (χ4v) is 4.44. The zero-order chi connectivity index (χ0) is 25.4. The average molecular weight is 506 g/mol. The molecular weight excluding hydrogens is 482 g/mol. The first-order chi connectivity index (χ1) is 17.4. The zero-order valence-corrected chi connectivity index (χ0v) is 20.3. The van der Waals surface area contributed by atoms with Crippen LogP contribution in [0.4, 0.5) is 23.3 Å². The predicted octanol–water partition coefficient (Wildman–Crippen LogP) is 1.83. The number of piperazine rings is 1. The predicted molar refractivity (Wildman–Crippen MR) is 134 cm³/mol. The van der Waals surface area contributed by atoms with E-state index in [-0.39, 0.29) is 17.9 Å². The minimum atomic E-state index is -0.357. The van der Waals surface area contributed by atoms with Crippen molar-refractivity contribution in [2.75, 3.05) is 41.7 Å². The smallest absolute Gasteiger partial charge is 0.234 e. The van der Waals surface area contributed by atoms with Gasteiger partial charge in [-0.15, -0.1) is 0 Å². The number of halogens is 1. The molecule has 1 atom stereocenters. The van der Waals surface area contributed by atoms with Crippen LogP contribution in [0.1, 0.15) is 30.9 Å². The molecule has 2 aromatic heterocycles. The minimum Gasteiger partial charge on any atom is -0.368 e. The lowest BCUT2D eigenvalue weighted by Crippen LogP contribution is -2.53. The van der Waals surface area contributed by atoms with E-state index < -0.39 is 0 Å². The normalized spacial score (nSPS) is 16.8. The molecule has 1 saturated carbocycles. The first kappa shape index (κ1) is 23.6. The lowest BCUT2D eigenvalue weighted by molar-refractivity contribution is -0.122. The Morgan fingerprint density at radius 3 is 2.58 bits per heavy atom. The molecule has 12 nitrogen and oxygen atoms in total. The molecule has 1 saturated heterocycles. The van der Waals surface area contributed by atoms with Crippen molar-refractivity contribution in [3.8, 4) is 12.1 Å². The van der Waals surface area contributed by atoms with E-state index in [4.69, 9.17) is 17.3 Å². The topological polar surface area (TPSA) is 164 Å². The first-order valence-corrected chi connectivity index (χ1v) is 12.0. The van der Waals surface area contributed by atoms with Gasteiger partial charge in [0.2, 0.25) is 17.8 Å². The molecule has 5 rings (SSSR count). The van der Waals surface area contributed by atoms with Crippen LogP contribution >= 0.6 is 11.6 Å². The van der Waals surface area contributed by atoms with Gasteiger partial charge in [-0.3, -0.25) is 9.69 Å². The summed E-state index contributed by atoms with van der Waals surface area (Å²) in [7, 11) is 0. The van der Waals surface area contributed by atoms with Crippen molar-refractivity contribution in [3.63, 3.8) is 0 Å². The van der Waals surface area contributed by atoms with Crippen LogP contribution in [0, 0.1) is 22.7 Å². The highest BCUT2D eigenvalue weighted by molar-refractivity contribution is 6.36. The fraction of sp³-hybridized carbons (Fsp3) is 0.391. The zero-order valence-electron chi connectivity index (χ0n) is 19.6. The second-order valence-corrected chi connectivity index (χ2v) is 9.27. The van der Waals surface area contributed by atoms with Gasteiger partial charge in [-0.05, 0) is 31.9 Å². The number of nitriles is 2. The van der Waals surface area contributed by atoms with Crippen molar-refractivity contribution in [1.82, 2.24) is 24.5 Å². The monoisotopic (exact) mass is 505 g/mol. The molecule has 1 aromatic carbocycles. The fourth-order valence-electron chi connectivity index (χ4n) is 4.16. The van der Waals surface area contributed by atoms with Crippen molar-refractivity contribution < 1.29 is 4.79 Å². The second kappa shape index (κ2) is 9.49. The van der Waals surface area contributed by atoms with Gasteiger partial charge in [-0.1, -0.05) is 11.6 Å². The van der Waals surface area contributed by atoms with Gasteiger partial charge in [0.25, 0.3) is 0 Å². The number of carbonyl (C=O) groups is 1.